The van der Waals surface area contributed by atoms with Crippen LogP contribution in [0.15, 0.2) is 48.5 Å². The van der Waals surface area contributed by atoms with E-state index in [-0.39, 0.29) is 5.97 Å². The molecule has 2 aromatic carbocycles. The van der Waals surface area contributed by atoms with Gasteiger partial charge in [0, 0.05) is 0 Å². The maximum absolute atomic E-state index is 12.1. The fraction of sp³-hybridized carbons (Fsp3) is 0.458. The number of rotatable bonds is 7. The molecule has 2 aromatic rings. The quantitative estimate of drug-likeness (QED) is 0.321. The number of esters is 1. The van der Waals surface area contributed by atoms with E-state index in [2.05, 4.69) is 25.1 Å². The van der Waals surface area contributed by atoms with Crippen LogP contribution in [-0.4, -0.2) is 5.97 Å². The first-order chi connectivity index (χ1) is 12.8. The standard InChI is InChI=1S/C24H29O2/c1-2-3-5-8-19-11-13-20(14-12-19)21-15-17-23(18-16-21)26-24(25)22-9-6-4-7-10-22/h6-7,9-10,15-20H,2-3,5,8,11-14H2,1H3/t19-,20-. The fourth-order valence-corrected chi connectivity index (χ4v) is 3.96. The minimum absolute atomic E-state index is 0.320. The molecule has 1 saturated carbocycles. The van der Waals surface area contributed by atoms with Crippen molar-refractivity contribution < 1.29 is 9.53 Å². The van der Waals surface area contributed by atoms with E-state index in [1.165, 1.54) is 56.9 Å². The molecule has 0 atom stereocenters. The lowest BCUT2D eigenvalue weighted by Gasteiger charge is -2.29. The topological polar surface area (TPSA) is 26.3 Å². The molecule has 1 aliphatic carbocycles. The Morgan fingerprint density at radius 1 is 1.00 bits per heavy atom. The van der Waals surface area contributed by atoms with E-state index in [1.54, 1.807) is 24.3 Å². The molecule has 2 heteroatoms. The molecule has 0 aliphatic heterocycles. The van der Waals surface area contributed by atoms with E-state index >= 15 is 0 Å². The van der Waals surface area contributed by atoms with Crippen LogP contribution >= 0.6 is 0 Å². The van der Waals surface area contributed by atoms with Crippen molar-refractivity contribution in [2.24, 2.45) is 5.92 Å². The zero-order valence-corrected chi connectivity index (χ0v) is 15.7. The first kappa shape index (κ1) is 18.7. The average Bonchev–Trinajstić information content (AvgIpc) is 2.70. The minimum Gasteiger partial charge on any atom is -0.423 e. The summed E-state index contributed by atoms with van der Waals surface area (Å²) in [4.78, 5) is 12.1. The monoisotopic (exact) mass is 349 g/mol. The predicted molar refractivity (Wildman–Crippen MR) is 106 cm³/mol. The highest BCUT2D eigenvalue weighted by atomic mass is 16.5. The molecule has 0 heterocycles. The largest absolute Gasteiger partial charge is 0.423 e. The number of ether oxygens (including phenoxy) is 1. The van der Waals surface area contributed by atoms with Crippen LogP contribution in [-0.2, 0) is 0 Å². The van der Waals surface area contributed by atoms with Crippen LogP contribution in [0.4, 0.5) is 0 Å². The maximum Gasteiger partial charge on any atom is 0.343 e. The Bertz CT molecular complexity index is 667. The minimum atomic E-state index is -0.320. The molecule has 0 saturated heterocycles. The van der Waals surface area contributed by atoms with E-state index in [0.29, 0.717) is 17.2 Å². The molecule has 1 radical (unpaired) electrons. The summed E-state index contributed by atoms with van der Waals surface area (Å²) in [6.07, 6.45) is 10.8. The summed E-state index contributed by atoms with van der Waals surface area (Å²) in [5.41, 5.74) is 1.93. The van der Waals surface area contributed by atoms with E-state index in [1.807, 2.05) is 12.1 Å². The Kier molecular flexibility index (Phi) is 6.88. The van der Waals surface area contributed by atoms with Crippen LogP contribution in [0.5, 0.6) is 5.75 Å². The molecule has 1 fully saturated rings. The van der Waals surface area contributed by atoms with Crippen molar-refractivity contribution in [2.45, 2.75) is 64.2 Å². The molecule has 0 bridgehead atoms. The summed E-state index contributed by atoms with van der Waals surface area (Å²) in [7, 11) is 0. The van der Waals surface area contributed by atoms with E-state index in [0.717, 1.165) is 5.92 Å². The van der Waals surface area contributed by atoms with Gasteiger partial charge >= 0.3 is 5.97 Å². The van der Waals surface area contributed by atoms with E-state index in [4.69, 9.17) is 4.74 Å². The molecule has 26 heavy (non-hydrogen) atoms. The summed E-state index contributed by atoms with van der Waals surface area (Å²) >= 11 is 0. The van der Waals surface area contributed by atoms with Crippen molar-refractivity contribution in [1.29, 1.82) is 0 Å². The van der Waals surface area contributed by atoms with E-state index in [9.17, 15) is 4.79 Å². The smallest absolute Gasteiger partial charge is 0.343 e. The molecule has 2 nitrogen and oxygen atoms in total. The maximum atomic E-state index is 12.1. The van der Waals surface area contributed by atoms with Gasteiger partial charge in [0.1, 0.15) is 5.75 Å². The van der Waals surface area contributed by atoms with Gasteiger partial charge in [-0.25, -0.2) is 4.79 Å². The second kappa shape index (κ2) is 9.56. The lowest BCUT2D eigenvalue weighted by atomic mass is 9.77. The molecule has 0 aromatic heterocycles. The Labute approximate surface area is 157 Å². The number of hydrogen-bond acceptors (Lipinski definition) is 2. The summed E-state index contributed by atoms with van der Waals surface area (Å²) < 4.78 is 5.46. The lowest BCUT2D eigenvalue weighted by molar-refractivity contribution is 0.0734. The Morgan fingerprint density at radius 2 is 1.69 bits per heavy atom. The normalized spacial score (nSPS) is 19.9. The molecule has 0 N–H and O–H groups in total. The summed E-state index contributed by atoms with van der Waals surface area (Å²) in [6.45, 7) is 2.27. The highest BCUT2D eigenvalue weighted by Gasteiger charge is 2.22. The van der Waals surface area contributed by atoms with Gasteiger partial charge in [0.25, 0.3) is 0 Å². The van der Waals surface area contributed by atoms with Gasteiger partial charge in [0.15, 0.2) is 0 Å². The third kappa shape index (κ3) is 5.20. The second-order valence-electron chi connectivity index (χ2n) is 7.46. The average molecular weight is 349 g/mol. The van der Waals surface area contributed by atoms with Crippen molar-refractivity contribution in [3.63, 3.8) is 0 Å². The third-order valence-electron chi connectivity index (χ3n) is 5.58. The number of hydrogen-bond donors (Lipinski definition) is 0. The SMILES string of the molecule is CCCCC[C@H]1CC[C@H](c2ccc(OC(=O)c3cc[c]cc3)cc2)CC1. The number of benzene rings is 2. The van der Waals surface area contributed by atoms with Crippen LogP contribution in [0, 0.1) is 12.0 Å². The first-order valence-electron chi connectivity index (χ1n) is 10.0. The van der Waals surface area contributed by atoms with Crippen LogP contribution < -0.4 is 4.74 Å². The van der Waals surface area contributed by atoms with Crippen LogP contribution in [0.25, 0.3) is 0 Å². The van der Waals surface area contributed by atoms with Crippen LogP contribution in [0.3, 0.4) is 0 Å². The van der Waals surface area contributed by atoms with Crippen molar-refractivity contribution >= 4 is 5.97 Å². The second-order valence-corrected chi connectivity index (χ2v) is 7.46. The van der Waals surface area contributed by atoms with Gasteiger partial charge in [0.2, 0.25) is 0 Å². The van der Waals surface area contributed by atoms with Crippen molar-refractivity contribution in [3.05, 3.63) is 65.7 Å². The van der Waals surface area contributed by atoms with Crippen molar-refractivity contribution in [2.75, 3.05) is 0 Å². The highest BCUT2D eigenvalue weighted by molar-refractivity contribution is 5.90. The van der Waals surface area contributed by atoms with Gasteiger partial charge in [0.05, 0.1) is 5.56 Å². The van der Waals surface area contributed by atoms with Gasteiger partial charge in [-0.3, -0.25) is 0 Å². The van der Waals surface area contributed by atoms with Crippen LogP contribution in [0.2, 0.25) is 0 Å². The molecular weight excluding hydrogens is 320 g/mol. The predicted octanol–water partition coefficient (Wildman–Crippen LogP) is 6.56. The Hall–Kier alpha value is -2.09. The zero-order valence-electron chi connectivity index (χ0n) is 15.7. The number of unbranched alkanes of at least 4 members (excludes halogenated alkanes) is 2. The summed E-state index contributed by atoms with van der Waals surface area (Å²) in [5, 5.41) is 0. The van der Waals surface area contributed by atoms with E-state index < -0.39 is 0 Å². The van der Waals surface area contributed by atoms with Crippen molar-refractivity contribution in [1.82, 2.24) is 0 Å². The Balaban J connectivity index is 1.50. The van der Waals surface area contributed by atoms with Gasteiger partial charge in [-0.15, -0.1) is 0 Å². The van der Waals surface area contributed by atoms with Crippen molar-refractivity contribution in [3.8, 4) is 5.75 Å². The van der Waals surface area contributed by atoms with Gasteiger partial charge in [-0.1, -0.05) is 56.9 Å². The number of carbonyl (C=O) groups is 1. The third-order valence-corrected chi connectivity index (χ3v) is 5.58. The molecule has 0 spiro atoms. The fourth-order valence-electron chi connectivity index (χ4n) is 3.96. The van der Waals surface area contributed by atoms with Crippen LogP contribution in [0.1, 0.15) is 80.1 Å². The first-order valence-corrected chi connectivity index (χ1v) is 10.0. The highest BCUT2D eigenvalue weighted by Crippen LogP contribution is 2.38. The molecule has 3 rings (SSSR count). The zero-order chi connectivity index (χ0) is 18.2. The molecule has 1 aliphatic rings. The van der Waals surface area contributed by atoms with Gasteiger partial charge < -0.3 is 4.74 Å². The molecule has 0 unspecified atom stereocenters. The van der Waals surface area contributed by atoms with Gasteiger partial charge in [-0.2, -0.15) is 0 Å². The lowest BCUT2D eigenvalue weighted by Crippen LogP contribution is -2.13. The molecular formula is C24H29O2. The summed E-state index contributed by atoms with van der Waals surface area (Å²) in [6, 6.07) is 17.9. The summed E-state index contributed by atoms with van der Waals surface area (Å²) in [5.74, 6) is 1.88. The van der Waals surface area contributed by atoms with Gasteiger partial charge in [-0.05, 0) is 73.4 Å². The number of carbonyl (C=O) groups excluding carboxylic acids is 1. The molecule has 0 amide bonds. The molecule has 137 valence electrons. The Morgan fingerprint density at radius 3 is 2.35 bits per heavy atom.